The first-order chi connectivity index (χ1) is 19.9. The van der Waals surface area contributed by atoms with Gasteiger partial charge in [-0.25, -0.2) is 13.6 Å². The van der Waals surface area contributed by atoms with Crippen molar-refractivity contribution < 1.29 is 32.6 Å². The predicted octanol–water partition coefficient (Wildman–Crippen LogP) is 7.00. The summed E-state index contributed by atoms with van der Waals surface area (Å²) >= 11 is 0. The smallest absolute Gasteiger partial charge is 0.347 e. The van der Waals surface area contributed by atoms with E-state index in [0.717, 1.165) is 28.0 Å². The Morgan fingerprint density at radius 3 is 1.93 bits per heavy atom. The van der Waals surface area contributed by atoms with E-state index in [9.17, 15) is 13.6 Å². The summed E-state index contributed by atoms with van der Waals surface area (Å²) in [5.41, 5.74) is 4.40. The van der Waals surface area contributed by atoms with E-state index in [2.05, 4.69) is 5.16 Å². The van der Waals surface area contributed by atoms with E-state index in [-0.39, 0.29) is 31.3 Å². The molecule has 0 aliphatic rings. The number of esters is 1. The summed E-state index contributed by atoms with van der Waals surface area (Å²) < 4.78 is 43.0. The molecule has 0 N–H and O–H groups in total. The standard InChI is InChI=1S/C33H31F2NO5/c1-3-38-33(37)32(41-31-18-14-29(35)15-19-31)22-24-4-16-30(17-5-24)39-20-21-40-36-23(2)25-6-8-26(9-7-25)27-10-12-28(34)13-11-27/h4-19,32H,3,20-22H2,1-2H3. The monoisotopic (exact) mass is 559 g/mol. The number of ether oxygens (including phenoxy) is 3. The van der Waals surface area contributed by atoms with Gasteiger partial charge in [-0.15, -0.1) is 0 Å². The van der Waals surface area contributed by atoms with Crippen LogP contribution in [0, 0.1) is 11.6 Å². The van der Waals surface area contributed by atoms with Crippen molar-refractivity contribution in [2.24, 2.45) is 5.16 Å². The Bertz CT molecular complexity index is 1420. The number of carbonyl (C=O) groups excluding carboxylic acids is 1. The number of benzene rings is 4. The molecule has 4 aromatic rings. The number of rotatable bonds is 13. The number of halogens is 2. The van der Waals surface area contributed by atoms with E-state index < -0.39 is 12.1 Å². The third-order valence-electron chi connectivity index (χ3n) is 6.11. The normalized spacial score (nSPS) is 12.0. The minimum Gasteiger partial charge on any atom is -0.490 e. The Kier molecular flexibility index (Phi) is 10.4. The molecule has 4 aromatic carbocycles. The molecule has 0 heterocycles. The third-order valence-corrected chi connectivity index (χ3v) is 6.11. The van der Waals surface area contributed by atoms with Gasteiger partial charge in [-0.2, -0.15) is 0 Å². The zero-order chi connectivity index (χ0) is 29.0. The van der Waals surface area contributed by atoms with Crippen molar-refractivity contribution in [1.82, 2.24) is 0 Å². The van der Waals surface area contributed by atoms with Gasteiger partial charge in [-0.3, -0.25) is 0 Å². The fourth-order valence-corrected chi connectivity index (χ4v) is 3.96. The highest BCUT2D eigenvalue weighted by Gasteiger charge is 2.22. The average molecular weight is 560 g/mol. The number of nitrogens with zero attached hydrogens (tertiary/aromatic N) is 1. The molecular weight excluding hydrogens is 528 g/mol. The summed E-state index contributed by atoms with van der Waals surface area (Å²) in [4.78, 5) is 17.8. The van der Waals surface area contributed by atoms with Crippen LogP contribution in [0.1, 0.15) is 25.0 Å². The van der Waals surface area contributed by atoms with Crippen molar-refractivity contribution in [3.63, 3.8) is 0 Å². The topological polar surface area (TPSA) is 66.4 Å². The SMILES string of the molecule is CCOC(=O)C(Cc1ccc(OCCON=C(C)c2ccc(-c3ccc(F)cc3)cc2)cc1)Oc1ccc(F)cc1. The van der Waals surface area contributed by atoms with Gasteiger partial charge in [0.05, 0.1) is 12.3 Å². The summed E-state index contributed by atoms with van der Waals surface area (Å²) in [5.74, 6) is -0.122. The molecule has 212 valence electrons. The van der Waals surface area contributed by atoms with Crippen LogP contribution in [0.3, 0.4) is 0 Å². The van der Waals surface area contributed by atoms with Gasteiger partial charge >= 0.3 is 5.97 Å². The Morgan fingerprint density at radius 2 is 1.32 bits per heavy atom. The molecule has 0 spiro atoms. The first kappa shape index (κ1) is 29.3. The fraction of sp³-hybridized carbons (Fsp3) is 0.212. The number of hydrogen-bond donors (Lipinski definition) is 0. The van der Waals surface area contributed by atoms with Gasteiger partial charge < -0.3 is 19.0 Å². The molecule has 0 saturated carbocycles. The number of carbonyl (C=O) groups is 1. The van der Waals surface area contributed by atoms with Crippen molar-refractivity contribution in [3.05, 3.63) is 120 Å². The van der Waals surface area contributed by atoms with Gasteiger partial charge in [0, 0.05) is 6.42 Å². The van der Waals surface area contributed by atoms with Crippen molar-refractivity contribution in [2.45, 2.75) is 26.4 Å². The highest BCUT2D eigenvalue weighted by atomic mass is 19.1. The minimum absolute atomic E-state index is 0.227. The molecule has 0 saturated heterocycles. The summed E-state index contributed by atoms with van der Waals surface area (Å²) in [6, 6.07) is 26.9. The lowest BCUT2D eigenvalue weighted by Crippen LogP contribution is -2.31. The molecule has 4 rings (SSSR count). The van der Waals surface area contributed by atoms with Gasteiger partial charge in [-0.05, 0) is 84.6 Å². The molecule has 1 atom stereocenters. The summed E-state index contributed by atoms with van der Waals surface area (Å²) in [7, 11) is 0. The number of oxime groups is 1. The van der Waals surface area contributed by atoms with Crippen LogP contribution in [0.5, 0.6) is 11.5 Å². The lowest BCUT2D eigenvalue weighted by atomic mass is 10.0. The minimum atomic E-state index is -0.874. The third kappa shape index (κ3) is 8.89. The van der Waals surface area contributed by atoms with E-state index in [1.807, 2.05) is 43.3 Å². The quantitative estimate of drug-likeness (QED) is 0.0764. The second kappa shape index (κ2) is 14.6. The van der Waals surface area contributed by atoms with Crippen LogP contribution < -0.4 is 9.47 Å². The van der Waals surface area contributed by atoms with Crippen LogP contribution in [0.15, 0.2) is 102 Å². The molecule has 0 fully saturated rings. The largest absolute Gasteiger partial charge is 0.490 e. The Balaban J connectivity index is 1.24. The zero-order valence-electron chi connectivity index (χ0n) is 22.9. The van der Waals surface area contributed by atoms with E-state index in [4.69, 9.17) is 19.0 Å². The predicted molar refractivity (Wildman–Crippen MR) is 153 cm³/mol. The summed E-state index contributed by atoms with van der Waals surface area (Å²) in [6.45, 7) is 4.35. The van der Waals surface area contributed by atoms with Gasteiger partial charge in [-0.1, -0.05) is 53.7 Å². The second-order valence-corrected chi connectivity index (χ2v) is 9.10. The molecule has 0 radical (unpaired) electrons. The molecule has 0 aliphatic heterocycles. The molecule has 41 heavy (non-hydrogen) atoms. The Labute approximate surface area is 238 Å². The van der Waals surface area contributed by atoms with Crippen LogP contribution in [0.25, 0.3) is 11.1 Å². The zero-order valence-corrected chi connectivity index (χ0v) is 22.9. The second-order valence-electron chi connectivity index (χ2n) is 9.10. The van der Waals surface area contributed by atoms with Crippen molar-refractivity contribution in [3.8, 4) is 22.6 Å². The Morgan fingerprint density at radius 1 is 0.756 bits per heavy atom. The maximum absolute atomic E-state index is 13.2. The summed E-state index contributed by atoms with van der Waals surface area (Å²) in [6.07, 6.45) is -0.598. The Hall–Kier alpha value is -4.72. The first-order valence-corrected chi connectivity index (χ1v) is 13.2. The highest BCUT2D eigenvalue weighted by molar-refractivity contribution is 5.98. The molecule has 1 unspecified atom stereocenters. The molecule has 0 bridgehead atoms. The maximum Gasteiger partial charge on any atom is 0.347 e. The van der Waals surface area contributed by atoms with Crippen LogP contribution in [-0.2, 0) is 20.8 Å². The molecule has 0 aliphatic carbocycles. The first-order valence-electron chi connectivity index (χ1n) is 13.2. The van der Waals surface area contributed by atoms with E-state index in [1.54, 1.807) is 31.2 Å². The lowest BCUT2D eigenvalue weighted by molar-refractivity contribution is -0.151. The lowest BCUT2D eigenvalue weighted by Gasteiger charge is -2.18. The highest BCUT2D eigenvalue weighted by Crippen LogP contribution is 2.21. The van der Waals surface area contributed by atoms with Crippen LogP contribution in [0.4, 0.5) is 8.78 Å². The summed E-state index contributed by atoms with van der Waals surface area (Å²) in [5, 5.41) is 4.17. The van der Waals surface area contributed by atoms with Gasteiger partial charge in [0.15, 0.2) is 12.7 Å². The van der Waals surface area contributed by atoms with Gasteiger partial charge in [0.2, 0.25) is 0 Å². The van der Waals surface area contributed by atoms with Crippen molar-refractivity contribution in [1.29, 1.82) is 0 Å². The van der Waals surface area contributed by atoms with Crippen LogP contribution in [-0.4, -0.2) is 37.6 Å². The molecule has 0 aromatic heterocycles. The van der Waals surface area contributed by atoms with E-state index >= 15 is 0 Å². The molecular formula is C33H31F2NO5. The van der Waals surface area contributed by atoms with E-state index in [0.29, 0.717) is 18.1 Å². The fourth-order valence-electron chi connectivity index (χ4n) is 3.96. The number of hydrogen-bond acceptors (Lipinski definition) is 6. The molecule has 6 nitrogen and oxygen atoms in total. The average Bonchev–Trinajstić information content (AvgIpc) is 2.99. The van der Waals surface area contributed by atoms with Gasteiger partial charge in [0.25, 0.3) is 0 Å². The van der Waals surface area contributed by atoms with E-state index in [1.165, 1.54) is 36.4 Å². The van der Waals surface area contributed by atoms with Crippen molar-refractivity contribution in [2.75, 3.05) is 19.8 Å². The van der Waals surface area contributed by atoms with Crippen LogP contribution in [0.2, 0.25) is 0 Å². The molecule has 8 heteroatoms. The van der Waals surface area contributed by atoms with Crippen LogP contribution >= 0.6 is 0 Å². The van der Waals surface area contributed by atoms with Crippen molar-refractivity contribution >= 4 is 11.7 Å². The maximum atomic E-state index is 13.2. The van der Waals surface area contributed by atoms with Gasteiger partial charge in [0.1, 0.15) is 29.7 Å². The molecule has 0 amide bonds.